The van der Waals surface area contributed by atoms with Crippen LogP contribution in [0.25, 0.3) is 10.6 Å². The predicted octanol–water partition coefficient (Wildman–Crippen LogP) is 6.33. The van der Waals surface area contributed by atoms with Crippen LogP contribution in [0.2, 0.25) is 0 Å². The molecule has 1 N–H and O–H groups in total. The Labute approximate surface area is 212 Å². The van der Waals surface area contributed by atoms with E-state index in [4.69, 9.17) is 0 Å². The average molecular weight is 542 g/mol. The van der Waals surface area contributed by atoms with E-state index in [-0.39, 0.29) is 11.8 Å². The lowest BCUT2D eigenvalue weighted by Gasteiger charge is -2.23. The highest BCUT2D eigenvalue weighted by atomic mass is 79.9. The molecule has 1 atom stereocenters. The Kier molecular flexibility index (Phi) is 8.45. The third-order valence-electron chi connectivity index (χ3n) is 6.08. The van der Waals surface area contributed by atoms with Crippen molar-refractivity contribution in [3.8, 4) is 10.6 Å². The van der Waals surface area contributed by atoms with E-state index in [9.17, 15) is 9.59 Å². The zero-order valence-corrected chi connectivity index (χ0v) is 21.7. The molecule has 0 spiro atoms. The van der Waals surface area contributed by atoms with Crippen LogP contribution in [0, 0.1) is 0 Å². The Balaban J connectivity index is 1.36. The predicted molar refractivity (Wildman–Crippen MR) is 140 cm³/mol. The van der Waals surface area contributed by atoms with Gasteiger partial charge in [-0.05, 0) is 55.5 Å². The van der Waals surface area contributed by atoms with Crippen LogP contribution in [0.4, 0.5) is 5.13 Å². The van der Waals surface area contributed by atoms with Crippen molar-refractivity contribution < 1.29 is 9.59 Å². The Hall–Kier alpha value is -2.58. The molecule has 1 aromatic heterocycles. The van der Waals surface area contributed by atoms with Crippen LogP contribution in [0.1, 0.15) is 61.4 Å². The fourth-order valence-corrected chi connectivity index (χ4v) is 5.21. The fraction of sp³-hybridized carbons (Fsp3) is 0.385. The number of hydrogen-bond donors (Lipinski definition) is 1. The third kappa shape index (κ3) is 6.10. The maximum absolute atomic E-state index is 13.2. The summed E-state index contributed by atoms with van der Waals surface area (Å²) in [5.74, 6) is -0.306. The minimum Gasteiger partial charge on any atom is -0.327 e. The van der Waals surface area contributed by atoms with Gasteiger partial charge in [-0.3, -0.25) is 14.9 Å². The number of rotatable bonds is 9. The first-order chi connectivity index (χ1) is 16.5. The average Bonchev–Trinajstić information content (AvgIpc) is 3.52. The molecule has 1 saturated heterocycles. The molecule has 1 aliphatic heterocycles. The second-order valence-electron chi connectivity index (χ2n) is 8.57. The monoisotopic (exact) mass is 540 g/mol. The summed E-state index contributed by atoms with van der Waals surface area (Å²) < 4.78 is 0.988. The molecule has 34 heavy (non-hydrogen) atoms. The SMILES string of the molecule is CCCCCCc1ccc(C(=O)N2CCCC2C(=O)Nc2nnc(-c3ccc(Br)cc3)s2)cc1. The van der Waals surface area contributed by atoms with Gasteiger partial charge < -0.3 is 4.90 Å². The quantitative estimate of drug-likeness (QED) is 0.321. The third-order valence-corrected chi connectivity index (χ3v) is 7.50. The van der Waals surface area contributed by atoms with Crippen molar-refractivity contribution in [3.63, 3.8) is 0 Å². The molecular weight excluding hydrogens is 512 g/mol. The number of aromatic nitrogens is 2. The number of likely N-dealkylation sites (tertiary alicyclic amines) is 1. The van der Waals surface area contributed by atoms with Gasteiger partial charge in [-0.1, -0.05) is 77.7 Å². The highest BCUT2D eigenvalue weighted by Crippen LogP contribution is 2.28. The highest BCUT2D eigenvalue weighted by molar-refractivity contribution is 9.10. The van der Waals surface area contributed by atoms with Gasteiger partial charge in [0.1, 0.15) is 11.0 Å². The number of unbranched alkanes of at least 4 members (excludes halogenated alkanes) is 3. The van der Waals surface area contributed by atoms with Crippen LogP contribution < -0.4 is 5.32 Å². The van der Waals surface area contributed by atoms with E-state index in [0.29, 0.717) is 23.7 Å². The minimum absolute atomic E-state index is 0.0944. The summed E-state index contributed by atoms with van der Waals surface area (Å²) in [7, 11) is 0. The number of aryl methyl sites for hydroxylation is 1. The number of anilines is 1. The Morgan fingerprint density at radius 2 is 1.82 bits per heavy atom. The summed E-state index contributed by atoms with van der Waals surface area (Å²) in [5, 5.41) is 12.4. The van der Waals surface area contributed by atoms with Gasteiger partial charge >= 0.3 is 0 Å². The van der Waals surface area contributed by atoms with E-state index in [2.05, 4.69) is 38.4 Å². The maximum atomic E-state index is 13.2. The van der Waals surface area contributed by atoms with Crippen LogP contribution >= 0.6 is 27.3 Å². The standard InChI is InChI=1S/C26H29BrN4O2S/c1-2-3-4-5-7-18-9-11-20(12-10-18)25(33)31-17-6-8-22(31)23(32)28-26-30-29-24(34-26)19-13-15-21(27)16-14-19/h9-16,22H,2-8,17H2,1H3,(H,28,30,32). The largest absolute Gasteiger partial charge is 0.327 e. The van der Waals surface area contributed by atoms with E-state index in [0.717, 1.165) is 27.9 Å². The molecule has 0 radical (unpaired) electrons. The lowest BCUT2D eigenvalue weighted by molar-refractivity contribution is -0.119. The molecular formula is C26H29BrN4O2S. The van der Waals surface area contributed by atoms with Crippen molar-refractivity contribution in [3.05, 3.63) is 64.1 Å². The van der Waals surface area contributed by atoms with Gasteiger partial charge in [0.25, 0.3) is 5.91 Å². The first-order valence-electron chi connectivity index (χ1n) is 11.9. The highest BCUT2D eigenvalue weighted by Gasteiger charge is 2.35. The molecule has 3 aromatic rings. The summed E-state index contributed by atoms with van der Waals surface area (Å²) in [6.07, 6.45) is 7.38. The summed E-state index contributed by atoms with van der Waals surface area (Å²) in [6.45, 7) is 2.79. The van der Waals surface area contributed by atoms with Gasteiger partial charge in [0.15, 0.2) is 0 Å². The summed E-state index contributed by atoms with van der Waals surface area (Å²) in [4.78, 5) is 27.8. The molecule has 0 bridgehead atoms. The van der Waals surface area contributed by atoms with Crippen LogP contribution in [0.3, 0.4) is 0 Å². The van der Waals surface area contributed by atoms with Crippen molar-refractivity contribution in [2.75, 3.05) is 11.9 Å². The Bertz CT molecular complexity index is 1110. The number of nitrogens with zero attached hydrogens (tertiary/aromatic N) is 3. The van der Waals surface area contributed by atoms with Gasteiger partial charge in [0.2, 0.25) is 11.0 Å². The van der Waals surface area contributed by atoms with Crippen LogP contribution in [0.15, 0.2) is 53.0 Å². The molecule has 1 aliphatic rings. The molecule has 1 unspecified atom stereocenters. The first kappa shape index (κ1) is 24.5. The number of hydrogen-bond acceptors (Lipinski definition) is 5. The molecule has 0 saturated carbocycles. The molecule has 6 nitrogen and oxygen atoms in total. The van der Waals surface area contributed by atoms with Crippen LogP contribution in [-0.2, 0) is 11.2 Å². The normalized spacial score (nSPS) is 15.5. The van der Waals surface area contributed by atoms with E-state index in [1.54, 1.807) is 4.90 Å². The molecule has 0 aliphatic carbocycles. The maximum Gasteiger partial charge on any atom is 0.254 e. The molecule has 4 rings (SSSR count). The number of halogens is 1. The number of carbonyl (C=O) groups is 2. The topological polar surface area (TPSA) is 75.2 Å². The number of amides is 2. The molecule has 2 aromatic carbocycles. The molecule has 2 amide bonds. The molecule has 1 fully saturated rings. The Morgan fingerprint density at radius 1 is 1.06 bits per heavy atom. The zero-order chi connectivity index (χ0) is 23.9. The lowest BCUT2D eigenvalue weighted by atomic mass is 10.0. The summed E-state index contributed by atoms with van der Waals surface area (Å²) in [5.41, 5.74) is 2.82. The van der Waals surface area contributed by atoms with E-state index >= 15 is 0 Å². The second-order valence-corrected chi connectivity index (χ2v) is 10.5. The van der Waals surface area contributed by atoms with Gasteiger partial charge in [-0.15, -0.1) is 10.2 Å². The molecule has 2 heterocycles. The minimum atomic E-state index is -0.499. The van der Waals surface area contributed by atoms with Gasteiger partial charge in [0.05, 0.1) is 0 Å². The summed E-state index contributed by atoms with van der Waals surface area (Å²) >= 11 is 4.75. The van der Waals surface area contributed by atoms with Crippen LogP contribution in [-0.4, -0.2) is 39.5 Å². The van der Waals surface area contributed by atoms with Crippen molar-refractivity contribution in [2.24, 2.45) is 0 Å². The van der Waals surface area contributed by atoms with Crippen molar-refractivity contribution in [1.82, 2.24) is 15.1 Å². The van der Waals surface area contributed by atoms with Crippen molar-refractivity contribution >= 4 is 44.2 Å². The van der Waals surface area contributed by atoms with Crippen LogP contribution in [0.5, 0.6) is 0 Å². The van der Waals surface area contributed by atoms with Gasteiger partial charge in [0, 0.05) is 22.1 Å². The fourth-order valence-electron chi connectivity index (χ4n) is 4.19. The number of carbonyl (C=O) groups excluding carboxylic acids is 2. The van der Waals surface area contributed by atoms with E-state index in [1.165, 1.54) is 42.6 Å². The van der Waals surface area contributed by atoms with E-state index in [1.807, 2.05) is 48.5 Å². The van der Waals surface area contributed by atoms with Crippen molar-refractivity contribution in [2.45, 2.75) is 57.9 Å². The number of nitrogens with one attached hydrogen (secondary N) is 1. The molecule has 178 valence electrons. The lowest BCUT2D eigenvalue weighted by Crippen LogP contribution is -2.43. The van der Waals surface area contributed by atoms with Crippen molar-refractivity contribution in [1.29, 1.82) is 0 Å². The summed E-state index contributed by atoms with van der Waals surface area (Å²) in [6, 6.07) is 15.1. The molecule has 8 heteroatoms. The Morgan fingerprint density at radius 3 is 2.56 bits per heavy atom. The number of benzene rings is 2. The first-order valence-corrected chi connectivity index (χ1v) is 13.5. The van der Waals surface area contributed by atoms with Gasteiger partial charge in [-0.2, -0.15) is 0 Å². The zero-order valence-electron chi connectivity index (χ0n) is 19.3. The smallest absolute Gasteiger partial charge is 0.254 e. The second kappa shape index (κ2) is 11.7. The van der Waals surface area contributed by atoms with Gasteiger partial charge in [-0.25, -0.2) is 0 Å². The van der Waals surface area contributed by atoms with E-state index < -0.39 is 6.04 Å².